The molecule has 2 amide bonds. The van der Waals surface area contributed by atoms with Crippen molar-refractivity contribution in [2.45, 2.75) is 45.2 Å². The van der Waals surface area contributed by atoms with Crippen LogP contribution in [-0.4, -0.2) is 42.4 Å². The Balaban J connectivity index is 1.31. The Hall–Kier alpha value is -2.66. The maximum atomic E-state index is 12.8. The number of nitrogens with zero attached hydrogens (tertiary/aromatic N) is 2. The Kier molecular flexibility index (Phi) is 5.95. The van der Waals surface area contributed by atoms with Crippen molar-refractivity contribution < 1.29 is 9.59 Å². The average Bonchev–Trinajstić information content (AvgIpc) is 3.18. The minimum Gasteiger partial charge on any atom is -0.349 e. The van der Waals surface area contributed by atoms with Crippen molar-refractivity contribution in [2.24, 2.45) is 0 Å². The Morgan fingerprint density at radius 1 is 1.03 bits per heavy atom. The molecule has 0 unspecified atom stereocenters. The normalized spacial score (nSPS) is 17.2. The van der Waals surface area contributed by atoms with E-state index in [0.29, 0.717) is 18.5 Å². The molecule has 0 bridgehead atoms. The first kappa shape index (κ1) is 19.6. The van der Waals surface area contributed by atoms with E-state index in [4.69, 9.17) is 0 Å². The Labute approximate surface area is 172 Å². The SMILES string of the molecule is CCC(=O)N1CCc2cc(C(=O)NC3CCN(Cc4ccccc4)CC3)ccc21. The highest BCUT2D eigenvalue weighted by molar-refractivity contribution is 5.98. The van der Waals surface area contributed by atoms with Crippen LogP contribution in [0, 0.1) is 0 Å². The van der Waals surface area contributed by atoms with Gasteiger partial charge < -0.3 is 10.2 Å². The van der Waals surface area contributed by atoms with Crippen molar-refractivity contribution in [2.75, 3.05) is 24.5 Å². The van der Waals surface area contributed by atoms with E-state index in [1.807, 2.05) is 36.1 Å². The smallest absolute Gasteiger partial charge is 0.251 e. The fourth-order valence-electron chi connectivity index (χ4n) is 4.34. The van der Waals surface area contributed by atoms with Gasteiger partial charge in [0.1, 0.15) is 0 Å². The number of nitrogens with one attached hydrogen (secondary N) is 1. The third kappa shape index (κ3) is 4.51. The van der Waals surface area contributed by atoms with Crippen LogP contribution in [0.15, 0.2) is 48.5 Å². The van der Waals surface area contributed by atoms with Crippen LogP contribution in [0.25, 0.3) is 0 Å². The van der Waals surface area contributed by atoms with Gasteiger partial charge in [-0.25, -0.2) is 0 Å². The second kappa shape index (κ2) is 8.78. The topological polar surface area (TPSA) is 52.7 Å². The number of likely N-dealkylation sites (tertiary alicyclic amines) is 1. The number of benzene rings is 2. The molecule has 0 saturated carbocycles. The predicted molar refractivity (Wildman–Crippen MR) is 115 cm³/mol. The third-order valence-electron chi connectivity index (χ3n) is 6.01. The number of fused-ring (bicyclic) bond motifs is 1. The van der Waals surface area contributed by atoms with E-state index in [9.17, 15) is 9.59 Å². The highest BCUT2D eigenvalue weighted by atomic mass is 16.2. The average molecular weight is 392 g/mol. The van der Waals surface area contributed by atoms with Crippen molar-refractivity contribution >= 4 is 17.5 Å². The standard InChI is InChI=1S/C24H29N3O2/c1-2-23(28)27-15-10-19-16-20(8-9-22(19)27)24(29)25-21-11-13-26(14-12-21)17-18-6-4-3-5-7-18/h3-9,16,21H,2,10-15,17H2,1H3,(H,25,29). The Bertz CT molecular complexity index is 873. The molecule has 5 nitrogen and oxygen atoms in total. The van der Waals surface area contributed by atoms with E-state index < -0.39 is 0 Å². The lowest BCUT2D eigenvalue weighted by Gasteiger charge is -2.32. The maximum absolute atomic E-state index is 12.8. The zero-order valence-corrected chi connectivity index (χ0v) is 17.1. The predicted octanol–water partition coefficient (Wildman–Crippen LogP) is 3.38. The second-order valence-corrected chi connectivity index (χ2v) is 8.00. The highest BCUT2D eigenvalue weighted by Crippen LogP contribution is 2.29. The van der Waals surface area contributed by atoms with Crippen LogP contribution in [0.4, 0.5) is 5.69 Å². The first-order valence-corrected chi connectivity index (χ1v) is 10.6. The van der Waals surface area contributed by atoms with Gasteiger partial charge >= 0.3 is 0 Å². The molecule has 2 aliphatic rings. The molecule has 0 aliphatic carbocycles. The van der Waals surface area contributed by atoms with Crippen LogP contribution in [0.2, 0.25) is 0 Å². The van der Waals surface area contributed by atoms with Crippen molar-refractivity contribution in [3.63, 3.8) is 0 Å². The fourth-order valence-corrected chi connectivity index (χ4v) is 4.34. The number of carbonyl (C=O) groups excluding carboxylic acids is 2. The second-order valence-electron chi connectivity index (χ2n) is 8.00. The molecule has 2 aromatic carbocycles. The summed E-state index contributed by atoms with van der Waals surface area (Å²) in [7, 11) is 0. The van der Waals surface area contributed by atoms with Crippen LogP contribution >= 0.6 is 0 Å². The molecular weight excluding hydrogens is 362 g/mol. The lowest BCUT2D eigenvalue weighted by molar-refractivity contribution is -0.118. The number of amides is 2. The zero-order chi connectivity index (χ0) is 20.2. The highest BCUT2D eigenvalue weighted by Gasteiger charge is 2.25. The summed E-state index contributed by atoms with van der Waals surface area (Å²) in [6.07, 6.45) is 3.27. The summed E-state index contributed by atoms with van der Waals surface area (Å²) in [5.41, 5.74) is 4.09. The first-order valence-electron chi connectivity index (χ1n) is 10.6. The van der Waals surface area contributed by atoms with E-state index in [1.54, 1.807) is 0 Å². The molecule has 0 spiro atoms. The summed E-state index contributed by atoms with van der Waals surface area (Å²) in [6, 6.07) is 16.5. The van der Waals surface area contributed by atoms with Gasteiger partial charge in [-0.05, 0) is 48.6 Å². The molecule has 5 heteroatoms. The molecule has 1 fully saturated rings. The fraction of sp³-hybridized carbons (Fsp3) is 0.417. The molecule has 2 aliphatic heterocycles. The molecule has 2 heterocycles. The van der Waals surface area contributed by atoms with Gasteiger partial charge in [0, 0.05) is 49.9 Å². The van der Waals surface area contributed by atoms with Crippen LogP contribution < -0.4 is 10.2 Å². The number of hydrogen-bond donors (Lipinski definition) is 1. The van der Waals surface area contributed by atoms with Gasteiger partial charge in [-0.3, -0.25) is 14.5 Å². The zero-order valence-electron chi connectivity index (χ0n) is 17.1. The van der Waals surface area contributed by atoms with E-state index >= 15 is 0 Å². The molecule has 0 aromatic heterocycles. The summed E-state index contributed by atoms with van der Waals surface area (Å²) < 4.78 is 0. The van der Waals surface area contributed by atoms with Crippen LogP contribution in [0.5, 0.6) is 0 Å². The van der Waals surface area contributed by atoms with Crippen molar-refractivity contribution in [1.82, 2.24) is 10.2 Å². The van der Waals surface area contributed by atoms with Crippen molar-refractivity contribution in [1.29, 1.82) is 0 Å². The monoisotopic (exact) mass is 391 g/mol. The van der Waals surface area contributed by atoms with E-state index in [2.05, 4.69) is 34.5 Å². The molecule has 29 heavy (non-hydrogen) atoms. The van der Waals surface area contributed by atoms with Gasteiger partial charge in [0.2, 0.25) is 5.91 Å². The largest absolute Gasteiger partial charge is 0.349 e. The first-order chi connectivity index (χ1) is 14.1. The summed E-state index contributed by atoms with van der Waals surface area (Å²) in [5.74, 6) is 0.137. The number of rotatable bonds is 5. The Morgan fingerprint density at radius 2 is 1.79 bits per heavy atom. The maximum Gasteiger partial charge on any atom is 0.251 e. The van der Waals surface area contributed by atoms with Crippen molar-refractivity contribution in [3.05, 3.63) is 65.2 Å². The van der Waals surface area contributed by atoms with E-state index in [1.165, 1.54) is 5.56 Å². The summed E-state index contributed by atoms with van der Waals surface area (Å²) in [5, 5.41) is 3.21. The van der Waals surface area contributed by atoms with E-state index in [-0.39, 0.29) is 17.9 Å². The lowest BCUT2D eigenvalue weighted by Crippen LogP contribution is -2.44. The quantitative estimate of drug-likeness (QED) is 0.850. The van der Waals surface area contributed by atoms with Gasteiger partial charge in [-0.1, -0.05) is 37.3 Å². The van der Waals surface area contributed by atoms with Gasteiger partial charge in [0.25, 0.3) is 5.91 Å². The van der Waals surface area contributed by atoms with Gasteiger partial charge in [0.05, 0.1) is 0 Å². The molecule has 4 rings (SSSR count). The summed E-state index contributed by atoms with van der Waals surface area (Å²) in [6.45, 7) is 5.57. The van der Waals surface area contributed by atoms with Crippen LogP contribution in [-0.2, 0) is 17.8 Å². The van der Waals surface area contributed by atoms with Crippen LogP contribution in [0.1, 0.15) is 47.7 Å². The molecule has 152 valence electrons. The van der Waals surface area contributed by atoms with Crippen molar-refractivity contribution in [3.8, 4) is 0 Å². The summed E-state index contributed by atoms with van der Waals surface area (Å²) >= 11 is 0. The van der Waals surface area contributed by atoms with E-state index in [0.717, 1.165) is 50.1 Å². The van der Waals surface area contributed by atoms with Gasteiger partial charge in [-0.2, -0.15) is 0 Å². The van der Waals surface area contributed by atoms with Crippen LogP contribution in [0.3, 0.4) is 0 Å². The molecule has 2 aromatic rings. The molecule has 0 atom stereocenters. The number of carbonyl (C=O) groups is 2. The molecule has 0 radical (unpaired) electrons. The molecule has 1 saturated heterocycles. The number of hydrogen-bond acceptors (Lipinski definition) is 3. The van der Waals surface area contributed by atoms with Gasteiger partial charge in [-0.15, -0.1) is 0 Å². The minimum atomic E-state index is -0.00502. The minimum absolute atomic E-state index is 0.00502. The number of piperidine rings is 1. The third-order valence-corrected chi connectivity index (χ3v) is 6.01. The summed E-state index contributed by atoms with van der Waals surface area (Å²) in [4.78, 5) is 29.1. The number of anilines is 1. The van der Waals surface area contributed by atoms with Gasteiger partial charge in [0.15, 0.2) is 0 Å². The lowest BCUT2D eigenvalue weighted by atomic mass is 10.0. The Morgan fingerprint density at radius 3 is 2.52 bits per heavy atom. The molecule has 1 N–H and O–H groups in total. The molecular formula is C24H29N3O2.